The third-order valence-corrected chi connectivity index (χ3v) is 6.44. The van der Waals surface area contributed by atoms with Gasteiger partial charge in [0.1, 0.15) is 6.54 Å². The zero-order valence-electron chi connectivity index (χ0n) is 16.6. The summed E-state index contributed by atoms with van der Waals surface area (Å²) in [5.74, 6) is -2.86. The number of ketones is 1. The molecule has 4 rings (SSSR count). The molecule has 0 bridgehead atoms. The van der Waals surface area contributed by atoms with E-state index in [-0.39, 0.29) is 10.6 Å². The molecule has 0 spiro atoms. The molecular formula is C23H20Cl2N2O4. The molecular weight excluding hydrogens is 439 g/mol. The van der Waals surface area contributed by atoms with Crippen molar-refractivity contribution in [3.8, 4) is 0 Å². The van der Waals surface area contributed by atoms with Crippen LogP contribution in [0.25, 0.3) is 0 Å². The third kappa shape index (κ3) is 4.10. The number of rotatable bonds is 5. The predicted octanol–water partition coefficient (Wildman–Crippen LogP) is 4.41. The van der Waals surface area contributed by atoms with Crippen LogP contribution in [-0.4, -0.2) is 40.1 Å². The fourth-order valence-electron chi connectivity index (χ4n) is 4.25. The van der Waals surface area contributed by atoms with Crippen LogP contribution in [0.5, 0.6) is 0 Å². The monoisotopic (exact) mass is 458 g/mol. The predicted molar refractivity (Wildman–Crippen MR) is 116 cm³/mol. The molecule has 1 aliphatic carbocycles. The number of Topliss-reactive ketones (excluding diaryl/α,β-unsaturated/α-hetero) is 1. The maximum atomic E-state index is 13.4. The molecule has 1 aliphatic heterocycles. The number of amides is 3. The number of imide groups is 1. The molecule has 2 atom stereocenters. The van der Waals surface area contributed by atoms with Crippen molar-refractivity contribution in [1.82, 2.24) is 10.0 Å². The number of carbonyl (C=O) groups is 4. The Bertz CT molecular complexity index is 1030. The number of carbonyl (C=O) groups excluding carboxylic acids is 4. The molecule has 6 nitrogen and oxygen atoms in total. The van der Waals surface area contributed by atoms with Crippen molar-refractivity contribution < 1.29 is 19.2 Å². The van der Waals surface area contributed by atoms with Crippen LogP contribution in [0.4, 0.5) is 0 Å². The van der Waals surface area contributed by atoms with Crippen LogP contribution in [-0.2, 0) is 9.59 Å². The quantitative estimate of drug-likeness (QED) is 0.491. The topological polar surface area (TPSA) is 74.8 Å². The molecule has 1 saturated carbocycles. The molecule has 1 heterocycles. The largest absolute Gasteiger partial charge is 0.292 e. The van der Waals surface area contributed by atoms with Crippen molar-refractivity contribution in [2.45, 2.75) is 25.7 Å². The van der Waals surface area contributed by atoms with E-state index in [0.29, 0.717) is 23.4 Å². The summed E-state index contributed by atoms with van der Waals surface area (Å²) in [5.41, 5.74) is 0.432. The smallest absolute Gasteiger partial charge is 0.274 e. The van der Waals surface area contributed by atoms with Crippen LogP contribution in [0.2, 0.25) is 10.0 Å². The highest BCUT2D eigenvalue weighted by Crippen LogP contribution is 2.39. The first-order valence-electron chi connectivity index (χ1n) is 10.1. The molecule has 0 N–H and O–H groups in total. The lowest BCUT2D eigenvalue weighted by Gasteiger charge is -2.30. The van der Waals surface area contributed by atoms with Crippen LogP contribution < -0.4 is 0 Å². The Kier molecular flexibility index (Phi) is 6.12. The van der Waals surface area contributed by atoms with E-state index in [0.717, 1.165) is 22.9 Å². The average molecular weight is 459 g/mol. The minimum Gasteiger partial charge on any atom is -0.292 e. The Labute approximate surface area is 189 Å². The van der Waals surface area contributed by atoms with E-state index >= 15 is 0 Å². The molecule has 3 amide bonds. The Balaban J connectivity index is 1.70. The Morgan fingerprint density at radius 3 is 2.06 bits per heavy atom. The second-order valence-electron chi connectivity index (χ2n) is 7.76. The summed E-state index contributed by atoms with van der Waals surface area (Å²) in [6.45, 7) is -0.470. The first-order valence-corrected chi connectivity index (χ1v) is 10.9. The SMILES string of the molecule is O=C(CN(C(=O)c1ccccc1Cl)N1C(=O)[C@H]2CCCC[C@@H]2C1=O)c1ccc(Cl)cc1. The van der Waals surface area contributed by atoms with Crippen LogP contribution in [0.3, 0.4) is 0 Å². The van der Waals surface area contributed by atoms with Gasteiger partial charge in [0, 0.05) is 10.6 Å². The Morgan fingerprint density at radius 2 is 1.48 bits per heavy atom. The fourth-order valence-corrected chi connectivity index (χ4v) is 4.60. The first kappa shape index (κ1) is 21.5. The minimum absolute atomic E-state index is 0.114. The highest BCUT2D eigenvalue weighted by atomic mass is 35.5. The highest BCUT2D eigenvalue weighted by molar-refractivity contribution is 6.34. The van der Waals surface area contributed by atoms with E-state index < -0.39 is 41.9 Å². The van der Waals surface area contributed by atoms with Crippen LogP contribution in [0, 0.1) is 11.8 Å². The number of hydrogen-bond donors (Lipinski definition) is 0. The van der Waals surface area contributed by atoms with Gasteiger partial charge in [-0.1, -0.05) is 48.2 Å². The van der Waals surface area contributed by atoms with Gasteiger partial charge in [0.25, 0.3) is 17.7 Å². The van der Waals surface area contributed by atoms with Crippen molar-refractivity contribution in [1.29, 1.82) is 0 Å². The van der Waals surface area contributed by atoms with Gasteiger partial charge in [-0.15, -0.1) is 0 Å². The number of hydrazine groups is 1. The van der Waals surface area contributed by atoms with Gasteiger partial charge in [0.2, 0.25) is 0 Å². The van der Waals surface area contributed by atoms with Gasteiger partial charge in [-0.25, -0.2) is 5.01 Å². The highest BCUT2D eigenvalue weighted by Gasteiger charge is 2.51. The summed E-state index contributed by atoms with van der Waals surface area (Å²) in [6.07, 6.45) is 2.92. The third-order valence-electron chi connectivity index (χ3n) is 5.86. The standard InChI is InChI=1S/C23H20Cl2N2O4/c24-15-11-9-14(10-12-15)20(28)13-26(21(29)18-7-3-4-8-19(18)25)27-22(30)16-5-1-2-6-17(16)23(27)31/h3-4,7-12,16-17H,1-2,5-6,13H2/t16-,17-/m0/s1. The van der Waals surface area contributed by atoms with Crippen LogP contribution >= 0.6 is 23.2 Å². The molecule has 0 unspecified atom stereocenters. The summed E-state index contributed by atoms with van der Waals surface area (Å²) in [4.78, 5) is 52.6. The van der Waals surface area contributed by atoms with Gasteiger partial charge in [-0.2, -0.15) is 5.01 Å². The normalized spacial score (nSPS) is 20.5. The van der Waals surface area contributed by atoms with Crippen molar-refractivity contribution in [2.75, 3.05) is 6.54 Å². The van der Waals surface area contributed by atoms with Gasteiger partial charge in [0.15, 0.2) is 5.78 Å². The number of halogens is 2. The van der Waals surface area contributed by atoms with Crippen LogP contribution in [0.1, 0.15) is 46.4 Å². The minimum atomic E-state index is -0.673. The van der Waals surface area contributed by atoms with Crippen molar-refractivity contribution in [2.24, 2.45) is 11.8 Å². The molecule has 0 radical (unpaired) electrons. The van der Waals surface area contributed by atoms with E-state index in [1.54, 1.807) is 30.3 Å². The second kappa shape index (κ2) is 8.81. The first-order chi connectivity index (χ1) is 14.9. The van der Waals surface area contributed by atoms with Gasteiger partial charge in [0.05, 0.1) is 22.4 Å². The summed E-state index contributed by atoms with van der Waals surface area (Å²) < 4.78 is 0. The molecule has 2 fully saturated rings. The maximum Gasteiger partial charge on any atom is 0.274 e. The summed E-state index contributed by atoms with van der Waals surface area (Å²) in [7, 11) is 0. The molecule has 0 aromatic heterocycles. The summed E-state index contributed by atoms with van der Waals surface area (Å²) >= 11 is 12.1. The van der Waals surface area contributed by atoms with Crippen LogP contribution in [0.15, 0.2) is 48.5 Å². The Hall–Kier alpha value is -2.70. The lowest BCUT2D eigenvalue weighted by Crippen LogP contribution is -2.52. The number of fused-ring (bicyclic) bond motifs is 1. The average Bonchev–Trinajstić information content (AvgIpc) is 3.03. The zero-order valence-corrected chi connectivity index (χ0v) is 18.1. The maximum absolute atomic E-state index is 13.4. The number of hydrogen-bond acceptors (Lipinski definition) is 4. The van der Waals surface area contributed by atoms with Gasteiger partial charge < -0.3 is 0 Å². The lowest BCUT2D eigenvalue weighted by molar-refractivity contribution is -0.154. The van der Waals surface area contributed by atoms with E-state index in [1.807, 2.05) is 0 Å². The van der Waals surface area contributed by atoms with E-state index in [2.05, 4.69) is 0 Å². The van der Waals surface area contributed by atoms with Gasteiger partial charge >= 0.3 is 0 Å². The second-order valence-corrected chi connectivity index (χ2v) is 8.60. The molecule has 1 saturated heterocycles. The molecule has 8 heteroatoms. The molecule has 31 heavy (non-hydrogen) atoms. The lowest BCUT2D eigenvalue weighted by atomic mass is 9.81. The molecule has 2 aliphatic rings. The van der Waals surface area contributed by atoms with Gasteiger partial charge in [-0.05, 0) is 49.2 Å². The van der Waals surface area contributed by atoms with E-state index in [4.69, 9.17) is 23.2 Å². The molecule has 2 aromatic rings. The zero-order chi connectivity index (χ0) is 22.1. The van der Waals surface area contributed by atoms with Crippen molar-refractivity contribution in [3.05, 3.63) is 69.7 Å². The number of benzene rings is 2. The molecule has 2 aromatic carbocycles. The van der Waals surface area contributed by atoms with Gasteiger partial charge in [-0.3, -0.25) is 19.2 Å². The van der Waals surface area contributed by atoms with Crippen molar-refractivity contribution >= 4 is 46.7 Å². The van der Waals surface area contributed by atoms with Crippen molar-refractivity contribution in [3.63, 3.8) is 0 Å². The van der Waals surface area contributed by atoms with E-state index in [1.165, 1.54) is 18.2 Å². The summed E-state index contributed by atoms with van der Waals surface area (Å²) in [5, 5.41) is 2.46. The molecule has 160 valence electrons. The summed E-state index contributed by atoms with van der Waals surface area (Å²) in [6, 6.07) is 12.6. The fraction of sp³-hybridized carbons (Fsp3) is 0.304. The number of nitrogens with zero attached hydrogens (tertiary/aromatic N) is 2. The Morgan fingerprint density at radius 1 is 0.903 bits per heavy atom. The van der Waals surface area contributed by atoms with E-state index in [9.17, 15) is 19.2 Å².